The molecule has 0 unspecified atom stereocenters. The minimum absolute atomic E-state index is 0.0441. The molecule has 11 heteroatoms. The number of benzene rings is 1. The summed E-state index contributed by atoms with van der Waals surface area (Å²) in [5, 5.41) is 10.6. The van der Waals surface area contributed by atoms with Gasteiger partial charge >= 0.3 is 5.97 Å². The molecule has 43 heavy (non-hydrogen) atoms. The van der Waals surface area contributed by atoms with Crippen LogP contribution in [0.4, 0.5) is 0 Å². The minimum Gasteiger partial charge on any atom is -0.493 e. The summed E-state index contributed by atoms with van der Waals surface area (Å²) in [6.45, 7) is 6.53. The number of carbonyl (C=O) groups is 3. The highest BCUT2D eigenvalue weighted by molar-refractivity contribution is 5.79. The van der Waals surface area contributed by atoms with Crippen LogP contribution in [0.2, 0.25) is 0 Å². The molecule has 2 fully saturated rings. The Labute approximate surface area is 256 Å². The molecule has 4 rings (SSSR count). The highest BCUT2D eigenvalue weighted by atomic mass is 16.7. The van der Waals surface area contributed by atoms with Gasteiger partial charge in [-0.25, -0.2) is 0 Å². The van der Waals surface area contributed by atoms with Gasteiger partial charge in [0.15, 0.2) is 11.5 Å². The normalized spacial score (nSPS) is 21.9. The number of carbonyl (C=O) groups excluding carboxylic acids is 2. The first-order valence-corrected chi connectivity index (χ1v) is 15.8. The number of amides is 2. The fraction of sp³-hybridized carbons (Fsp3) is 0.719. The maximum Gasteiger partial charge on any atom is 0.308 e. The van der Waals surface area contributed by atoms with Crippen molar-refractivity contribution in [3.8, 4) is 17.2 Å². The zero-order valence-electron chi connectivity index (χ0n) is 26.7. The number of ether oxygens (including phenoxy) is 3. The first-order chi connectivity index (χ1) is 20.5. The van der Waals surface area contributed by atoms with Crippen molar-refractivity contribution in [1.29, 1.82) is 0 Å². The van der Waals surface area contributed by atoms with Crippen LogP contribution in [-0.4, -0.2) is 129 Å². The van der Waals surface area contributed by atoms with Crippen LogP contribution in [0.25, 0.3) is 0 Å². The van der Waals surface area contributed by atoms with Crippen molar-refractivity contribution in [2.75, 3.05) is 80.9 Å². The lowest BCUT2D eigenvalue weighted by Gasteiger charge is -2.31. The third kappa shape index (κ3) is 8.32. The summed E-state index contributed by atoms with van der Waals surface area (Å²) < 4.78 is 17.6. The van der Waals surface area contributed by atoms with Crippen LogP contribution in [-0.2, 0) is 14.4 Å². The number of likely N-dealkylation sites (tertiary alicyclic amines) is 2. The molecule has 1 N–H and O–H groups in total. The summed E-state index contributed by atoms with van der Waals surface area (Å²) in [4.78, 5) is 44.9. The number of hydrogen-bond acceptors (Lipinski definition) is 7. The molecule has 0 aliphatic carbocycles. The van der Waals surface area contributed by atoms with Crippen molar-refractivity contribution in [2.24, 2.45) is 5.92 Å². The molecule has 3 aliphatic heterocycles. The first-order valence-electron chi connectivity index (χ1n) is 15.8. The van der Waals surface area contributed by atoms with E-state index in [1.807, 2.05) is 21.9 Å². The predicted molar refractivity (Wildman–Crippen MR) is 162 cm³/mol. The molecule has 0 radical (unpaired) electrons. The second-order valence-electron chi connectivity index (χ2n) is 13.2. The SMILES string of the molecule is CCCCN(CCC[N+](C)(C)C)C(=O)CN1C[C@H](c2cc(OC)c3c(c2)OCO3)[C@@H](C(=O)O)[C@@H]1CCCN1CCCC1=O. The molecule has 0 spiro atoms. The fourth-order valence-electron chi connectivity index (χ4n) is 6.71. The molecule has 2 amide bonds. The lowest BCUT2D eigenvalue weighted by atomic mass is 9.83. The summed E-state index contributed by atoms with van der Waals surface area (Å²) in [5.41, 5.74) is 0.800. The van der Waals surface area contributed by atoms with E-state index in [9.17, 15) is 19.5 Å². The van der Waals surface area contributed by atoms with Crippen LogP contribution < -0.4 is 14.2 Å². The van der Waals surface area contributed by atoms with Crippen molar-refractivity contribution in [3.63, 3.8) is 0 Å². The standard InChI is InChI=1S/C32H50N4O7/c1-6-7-13-34(16-10-17-36(2,3)4)29(38)21-35-20-24(23-18-26(41-5)31-27(19-23)42-22-43-31)30(32(39)40)25(35)11-8-14-33-15-9-12-28(33)37/h18-19,24-25,30H,6-17,20-22H2,1-5H3/p+1/t24-,25+,30-/m1/s1. The molecule has 11 nitrogen and oxygen atoms in total. The second kappa shape index (κ2) is 14.6. The average molecular weight is 604 g/mol. The summed E-state index contributed by atoms with van der Waals surface area (Å²) in [6.07, 6.45) is 5.56. The second-order valence-corrected chi connectivity index (χ2v) is 13.2. The number of quaternary nitrogens is 1. The number of unbranched alkanes of at least 4 members (excludes halogenated alkanes) is 1. The molecule has 0 saturated carbocycles. The van der Waals surface area contributed by atoms with Gasteiger partial charge in [-0.2, -0.15) is 0 Å². The maximum absolute atomic E-state index is 13.8. The highest BCUT2D eigenvalue weighted by Gasteiger charge is 2.47. The van der Waals surface area contributed by atoms with Crippen molar-refractivity contribution < 1.29 is 38.2 Å². The Kier molecular flexibility index (Phi) is 11.2. The van der Waals surface area contributed by atoms with Crippen molar-refractivity contribution in [1.82, 2.24) is 14.7 Å². The number of aliphatic carboxylic acids is 1. The molecule has 240 valence electrons. The number of nitrogens with zero attached hydrogens (tertiary/aromatic N) is 4. The smallest absolute Gasteiger partial charge is 0.308 e. The summed E-state index contributed by atoms with van der Waals surface area (Å²) >= 11 is 0. The third-order valence-corrected chi connectivity index (χ3v) is 8.97. The Morgan fingerprint density at radius 2 is 1.91 bits per heavy atom. The highest BCUT2D eigenvalue weighted by Crippen LogP contribution is 2.47. The molecule has 0 aromatic heterocycles. The molecule has 2 saturated heterocycles. The topological polar surface area (TPSA) is 109 Å². The number of carboxylic acids is 1. The molecule has 3 aliphatic rings. The van der Waals surface area contributed by atoms with Crippen molar-refractivity contribution >= 4 is 17.8 Å². The Balaban J connectivity index is 1.57. The van der Waals surface area contributed by atoms with Crippen molar-refractivity contribution in [3.05, 3.63) is 17.7 Å². The molecular formula is C32H51N4O7+. The number of hydrogen-bond donors (Lipinski definition) is 1. The van der Waals surface area contributed by atoms with Crippen LogP contribution in [0, 0.1) is 5.92 Å². The van der Waals surface area contributed by atoms with E-state index in [1.54, 1.807) is 7.11 Å². The Morgan fingerprint density at radius 3 is 2.56 bits per heavy atom. The van der Waals surface area contributed by atoms with Crippen LogP contribution in [0.3, 0.4) is 0 Å². The predicted octanol–water partition coefficient (Wildman–Crippen LogP) is 3.02. The van der Waals surface area contributed by atoms with E-state index in [2.05, 4.69) is 33.0 Å². The molecule has 0 bridgehead atoms. The number of carboxylic acid groups (broad SMARTS) is 1. The van der Waals surface area contributed by atoms with Crippen molar-refractivity contribution in [2.45, 2.75) is 63.8 Å². The monoisotopic (exact) mass is 603 g/mol. The number of methoxy groups -OCH3 is 1. The maximum atomic E-state index is 13.8. The average Bonchev–Trinajstić information content (AvgIpc) is 3.68. The van der Waals surface area contributed by atoms with Crippen LogP contribution in [0.1, 0.15) is 63.4 Å². The van der Waals surface area contributed by atoms with Gasteiger partial charge in [-0.15, -0.1) is 0 Å². The van der Waals surface area contributed by atoms with E-state index in [4.69, 9.17) is 14.2 Å². The molecule has 3 atom stereocenters. The Bertz CT molecular complexity index is 1140. The lowest BCUT2D eigenvalue weighted by molar-refractivity contribution is -0.870. The number of rotatable bonds is 16. The number of fused-ring (bicyclic) bond motifs is 1. The molecule has 1 aromatic carbocycles. The van der Waals surface area contributed by atoms with Crippen LogP contribution >= 0.6 is 0 Å². The van der Waals surface area contributed by atoms with E-state index in [0.29, 0.717) is 62.7 Å². The van der Waals surface area contributed by atoms with Gasteiger partial charge in [-0.3, -0.25) is 19.3 Å². The van der Waals surface area contributed by atoms with Crippen LogP contribution in [0.5, 0.6) is 17.2 Å². The van der Waals surface area contributed by atoms with Gasteiger partial charge in [0.2, 0.25) is 24.4 Å². The summed E-state index contributed by atoms with van der Waals surface area (Å²) in [6, 6.07) is 3.35. The lowest BCUT2D eigenvalue weighted by Crippen LogP contribution is -2.45. The van der Waals surface area contributed by atoms with Gasteiger partial charge in [0.05, 0.1) is 47.3 Å². The molecular weight excluding hydrogens is 552 g/mol. The zero-order valence-corrected chi connectivity index (χ0v) is 26.7. The summed E-state index contributed by atoms with van der Waals surface area (Å²) in [7, 11) is 8.02. The van der Waals surface area contributed by atoms with E-state index in [-0.39, 0.29) is 37.1 Å². The van der Waals surface area contributed by atoms with Gasteiger partial charge in [-0.1, -0.05) is 13.3 Å². The van der Waals surface area contributed by atoms with E-state index in [1.165, 1.54) is 0 Å². The third-order valence-electron chi connectivity index (χ3n) is 8.97. The summed E-state index contributed by atoms with van der Waals surface area (Å²) in [5.74, 6) is -0.193. The minimum atomic E-state index is -0.885. The van der Waals surface area contributed by atoms with E-state index >= 15 is 0 Å². The largest absolute Gasteiger partial charge is 0.493 e. The zero-order chi connectivity index (χ0) is 31.1. The Morgan fingerprint density at radius 1 is 1.14 bits per heavy atom. The molecule has 3 heterocycles. The van der Waals surface area contributed by atoms with Gasteiger partial charge in [0, 0.05) is 57.5 Å². The first kappa shape index (κ1) is 32.9. The molecule has 1 aromatic rings. The van der Waals surface area contributed by atoms with Crippen LogP contribution in [0.15, 0.2) is 12.1 Å². The van der Waals surface area contributed by atoms with E-state index < -0.39 is 11.9 Å². The van der Waals surface area contributed by atoms with Gasteiger partial charge in [-0.05, 0) is 43.4 Å². The van der Waals surface area contributed by atoms with Gasteiger partial charge in [0.1, 0.15) is 0 Å². The van der Waals surface area contributed by atoms with E-state index in [0.717, 1.165) is 48.8 Å². The van der Waals surface area contributed by atoms with Gasteiger partial charge < -0.3 is 33.6 Å². The van der Waals surface area contributed by atoms with Gasteiger partial charge in [0.25, 0.3) is 0 Å². The quantitative estimate of drug-likeness (QED) is 0.288. The fourth-order valence-corrected chi connectivity index (χ4v) is 6.71. The Hall–Kier alpha value is -3.05.